The van der Waals surface area contributed by atoms with Crippen LogP contribution in [0.4, 0.5) is 13.2 Å². The van der Waals surface area contributed by atoms with Crippen molar-refractivity contribution in [3.63, 3.8) is 0 Å². The second-order valence-electron chi connectivity index (χ2n) is 5.85. The largest absolute Gasteiger partial charge is 0.461 e. The maximum absolute atomic E-state index is 14.3. The van der Waals surface area contributed by atoms with Gasteiger partial charge in [-0.25, -0.2) is 18.0 Å². The quantitative estimate of drug-likeness (QED) is 0.496. The van der Waals surface area contributed by atoms with Crippen LogP contribution in [0.2, 0.25) is 0 Å². The first-order valence-corrected chi connectivity index (χ1v) is 7.97. The van der Waals surface area contributed by atoms with Crippen molar-refractivity contribution in [1.82, 2.24) is 4.98 Å². The van der Waals surface area contributed by atoms with E-state index in [0.29, 0.717) is 28.1 Å². The summed E-state index contributed by atoms with van der Waals surface area (Å²) in [4.78, 5) is 15.2. The van der Waals surface area contributed by atoms with Crippen LogP contribution < -0.4 is 0 Å². The van der Waals surface area contributed by atoms with E-state index in [0.717, 1.165) is 6.07 Å². The zero-order valence-corrected chi connectivity index (χ0v) is 14.3. The normalized spacial score (nSPS) is 11.0. The number of halogens is 3. The third kappa shape index (κ3) is 2.87. The molecule has 0 aliphatic carbocycles. The fourth-order valence-corrected chi connectivity index (χ4v) is 2.99. The van der Waals surface area contributed by atoms with Crippen LogP contribution in [0.5, 0.6) is 0 Å². The molecule has 1 N–H and O–H groups in total. The lowest BCUT2D eigenvalue weighted by Crippen LogP contribution is -2.07. The van der Waals surface area contributed by atoms with Gasteiger partial charge in [0.1, 0.15) is 11.5 Å². The van der Waals surface area contributed by atoms with E-state index in [1.165, 1.54) is 6.07 Å². The van der Waals surface area contributed by atoms with Crippen LogP contribution in [-0.4, -0.2) is 17.6 Å². The number of ether oxygens (including phenoxy) is 1. The first kappa shape index (κ1) is 17.8. The molecule has 0 atom stereocenters. The van der Waals surface area contributed by atoms with Gasteiger partial charge in [0.05, 0.1) is 12.1 Å². The van der Waals surface area contributed by atoms with Gasteiger partial charge in [-0.1, -0.05) is 24.8 Å². The van der Waals surface area contributed by atoms with E-state index in [2.05, 4.69) is 11.6 Å². The van der Waals surface area contributed by atoms with Gasteiger partial charge in [0, 0.05) is 28.1 Å². The number of benzene rings is 2. The summed E-state index contributed by atoms with van der Waals surface area (Å²) in [6.45, 7) is 7.46. The molecule has 3 nitrogen and oxygen atoms in total. The highest BCUT2D eigenvalue weighted by Crippen LogP contribution is 2.36. The lowest BCUT2D eigenvalue weighted by Gasteiger charge is -2.07. The second-order valence-corrected chi connectivity index (χ2v) is 5.85. The standard InChI is InChI=1S/C20H16F3NO2/c1-4-26-20(25)19-16(10(2)3)13-7-5-6-12(18(13)24-19)14-8-11(21)9-15(22)17(14)23/h5-9,24H,2,4H2,1,3H3. The summed E-state index contributed by atoms with van der Waals surface area (Å²) in [5.41, 5.74) is 1.66. The molecule has 3 rings (SSSR count). The molecule has 1 aromatic heterocycles. The molecule has 0 aliphatic rings. The molecule has 0 unspecified atom stereocenters. The Morgan fingerprint density at radius 1 is 1.19 bits per heavy atom. The molecule has 0 saturated carbocycles. The first-order chi connectivity index (χ1) is 12.3. The maximum atomic E-state index is 14.3. The Hall–Kier alpha value is -3.02. The summed E-state index contributed by atoms with van der Waals surface area (Å²) in [5, 5.41) is 0.585. The van der Waals surface area contributed by atoms with Crippen LogP contribution in [0.1, 0.15) is 29.9 Å². The zero-order valence-electron chi connectivity index (χ0n) is 14.3. The number of esters is 1. The topological polar surface area (TPSA) is 42.1 Å². The highest BCUT2D eigenvalue weighted by molar-refractivity contribution is 6.08. The number of para-hydroxylation sites is 1. The van der Waals surface area contributed by atoms with Gasteiger partial charge in [-0.05, 0) is 25.5 Å². The van der Waals surface area contributed by atoms with Gasteiger partial charge in [-0.15, -0.1) is 0 Å². The molecule has 0 aliphatic heterocycles. The Morgan fingerprint density at radius 3 is 2.58 bits per heavy atom. The van der Waals surface area contributed by atoms with Crippen LogP contribution in [0.3, 0.4) is 0 Å². The van der Waals surface area contributed by atoms with Crippen molar-refractivity contribution in [2.75, 3.05) is 6.61 Å². The summed E-state index contributed by atoms with van der Waals surface area (Å²) in [6.07, 6.45) is 0. The summed E-state index contributed by atoms with van der Waals surface area (Å²) in [7, 11) is 0. The van der Waals surface area contributed by atoms with Crippen molar-refractivity contribution in [2.24, 2.45) is 0 Å². The molecule has 6 heteroatoms. The van der Waals surface area contributed by atoms with Crippen LogP contribution in [0, 0.1) is 17.5 Å². The molecule has 3 aromatic rings. The lowest BCUT2D eigenvalue weighted by molar-refractivity contribution is 0.0520. The van der Waals surface area contributed by atoms with Crippen molar-refractivity contribution >= 4 is 22.4 Å². The number of allylic oxidation sites excluding steroid dienone is 1. The van der Waals surface area contributed by atoms with E-state index in [1.54, 1.807) is 26.0 Å². The number of rotatable bonds is 4. The highest BCUT2D eigenvalue weighted by Gasteiger charge is 2.22. The molecule has 26 heavy (non-hydrogen) atoms. The number of aromatic nitrogens is 1. The molecule has 0 fully saturated rings. The summed E-state index contributed by atoms with van der Waals surface area (Å²) < 4.78 is 46.6. The number of carbonyl (C=O) groups is 1. The maximum Gasteiger partial charge on any atom is 0.355 e. The van der Waals surface area contributed by atoms with Crippen molar-refractivity contribution in [3.05, 3.63) is 65.6 Å². The molecule has 0 radical (unpaired) electrons. The van der Waals surface area contributed by atoms with E-state index in [4.69, 9.17) is 4.74 Å². The van der Waals surface area contributed by atoms with Crippen LogP contribution in [0.25, 0.3) is 27.6 Å². The minimum atomic E-state index is -1.28. The predicted molar refractivity (Wildman–Crippen MR) is 94.3 cm³/mol. The minimum Gasteiger partial charge on any atom is -0.461 e. The van der Waals surface area contributed by atoms with E-state index < -0.39 is 23.4 Å². The van der Waals surface area contributed by atoms with Gasteiger partial charge in [-0.3, -0.25) is 0 Å². The van der Waals surface area contributed by atoms with E-state index >= 15 is 0 Å². The predicted octanol–water partition coefficient (Wildman–Crippen LogP) is 5.46. The van der Waals surface area contributed by atoms with Crippen LogP contribution in [-0.2, 0) is 4.74 Å². The molecule has 0 saturated heterocycles. The molecule has 0 spiro atoms. The lowest BCUT2D eigenvalue weighted by atomic mass is 9.99. The number of hydrogen-bond acceptors (Lipinski definition) is 2. The minimum absolute atomic E-state index is 0.166. The number of carbonyl (C=O) groups excluding carboxylic acids is 1. The average Bonchev–Trinajstić information content (AvgIpc) is 2.98. The number of nitrogens with one attached hydrogen (secondary N) is 1. The fraction of sp³-hybridized carbons (Fsp3) is 0.150. The molecular weight excluding hydrogens is 343 g/mol. The number of fused-ring (bicyclic) bond motifs is 1. The van der Waals surface area contributed by atoms with Crippen molar-refractivity contribution in [2.45, 2.75) is 13.8 Å². The molecule has 2 aromatic carbocycles. The van der Waals surface area contributed by atoms with Gasteiger partial charge >= 0.3 is 5.97 Å². The van der Waals surface area contributed by atoms with Gasteiger partial charge < -0.3 is 9.72 Å². The number of H-pyrrole nitrogens is 1. The SMILES string of the molecule is C=C(C)c1c(C(=O)OCC)[nH]c2c(-c3cc(F)cc(F)c3F)cccc12. The van der Waals surface area contributed by atoms with Crippen molar-refractivity contribution in [1.29, 1.82) is 0 Å². The Morgan fingerprint density at radius 2 is 1.92 bits per heavy atom. The average molecular weight is 359 g/mol. The Bertz CT molecular complexity index is 1040. The number of hydrogen-bond donors (Lipinski definition) is 1. The highest BCUT2D eigenvalue weighted by atomic mass is 19.2. The summed E-state index contributed by atoms with van der Waals surface area (Å²) >= 11 is 0. The zero-order chi connectivity index (χ0) is 19.0. The van der Waals surface area contributed by atoms with Gasteiger partial charge in [0.25, 0.3) is 0 Å². The van der Waals surface area contributed by atoms with Gasteiger partial charge in [-0.2, -0.15) is 0 Å². The second kappa shape index (κ2) is 6.71. The first-order valence-electron chi connectivity index (χ1n) is 7.97. The summed E-state index contributed by atoms with van der Waals surface area (Å²) in [6, 6.07) is 6.26. The van der Waals surface area contributed by atoms with E-state index in [-0.39, 0.29) is 23.4 Å². The Balaban J connectivity index is 2.35. The van der Waals surface area contributed by atoms with Crippen LogP contribution in [0.15, 0.2) is 36.9 Å². The smallest absolute Gasteiger partial charge is 0.355 e. The fourth-order valence-electron chi connectivity index (χ4n) is 2.99. The van der Waals surface area contributed by atoms with E-state index in [1.807, 2.05) is 0 Å². The van der Waals surface area contributed by atoms with Crippen molar-refractivity contribution in [3.8, 4) is 11.1 Å². The van der Waals surface area contributed by atoms with E-state index in [9.17, 15) is 18.0 Å². The molecular formula is C20H16F3NO2. The molecule has 0 amide bonds. The van der Waals surface area contributed by atoms with Gasteiger partial charge in [0.15, 0.2) is 11.6 Å². The third-order valence-corrected chi connectivity index (χ3v) is 4.02. The van der Waals surface area contributed by atoms with Gasteiger partial charge in [0.2, 0.25) is 0 Å². The summed E-state index contributed by atoms with van der Waals surface area (Å²) in [5.74, 6) is -3.93. The Labute approximate surface area is 148 Å². The molecule has 0 bridgehead atoms. The van der Waals surface area contributed by atoms with Crippen LogP contribution >= 0.6 is 0 Å². The monoisotopic (exact) mass is 359 g/mol. The molecule has 1 heterocycles. The number of aromatic amines is 1. The Kier molecular flexibility index (Phi) is 4.59. The third-order valence-electron chi connectivity index (χ3n) is 4.02. The molecule has 134 valence electrons. The van der Waals surface area contributed by atoms with Crippen molar-refractivity contribution < 1.29 is 22.7 Å².